The summed E-state index contributed by atoms with van der Waals surface area (Å²) in [6.45, 7) is 0. The first-order valence-electron chi connectivity index (χ1n) is 10.3. The van der Waals surface area contributed by atoms with E-state index >= 15 is 0 Å². The molecule has 0 unspecified atom stereocenters. The Morgan fingerprint density at radius 1 is 1.07 bits per heavy atom. The molecule has 1 heterocycles. The van der Waals surface area contributed by atoms with E-state index in [2.05, 4.69) is 11.4 Å². The van der Waals surface area contributed by atoms with Crippen LogP contribution in [0.25, 0.3) is 0 Å². The molecule has 4 rings (SSSR count). The molecule has 2 aliphatic carbocycles. The molecule has 1 aromatic carbocycles. The monoisotopic (exact) mass is 399 g/mol. The predicted molar refractivity (Wildman–Crippen MR) is 110 cm³/mol. The van der Waals surface area contributed by atoms with Gasteiger partial charge in [-0.1, -0.05) is 36.1 Å². The van der Waals surface area contributed by atoms with Crippen LogP contribution in [0.4, 0.5) is 0 Å². The van der Waals surface area contributed by atoms with Crippen LogP contribution in [-0.2, 0) is 9.59 Å². The van der Waals surface area contributed by atoms with Crippen molar-refractivity contribution in [2.45, 2.75) is 63.5 Å². The van der Waals surface area contributed by atoms with Gasteiger partial charge in [0.1, 0.15) is 5.75 Å². The van der Waals surface area contributed by atoms with Crippen LogP contribution in [0, 0.1) is 5.92 Å². The molecule has 0 radical (unpaired) electrons. The molecular formula is C23H29NO5. The minimum absolute atomic E-state index is 0.386. The minimum Gasteiger partial charge on any atom is -0.508 e. The molecule has 3 aliphatic rings. The van der Waals surface area contributed by atoms with Crippen molar-refractivity contribution in [3.63, 3.8) is 0 Å². The Balaban J connectivity index is 0.000000258. The van der Waals surface area contributed by atoms with Gasteiger partial charge in [-0.05, 0) is 62.1 Å². The van der Waals surface area contributed by atoms with Crippen LogP contribution in [0.2, 0.25) is 0 Å². The number of carboxylic acid groups (broad SMARTS) is 2. The summed E-state index contributed by atoms with van der Waals surface area (Å²) in [5.74, 6) is -1.17. The van der Waals surface area contributed by atoms with Gasteiger partial charge in [0.2, 0.25) is 0 Å². The third kappa shape index (κ3) is 6.46. The third-order valence-electron chi connectivity index (χ3n) is 5.81. The van der Waals surface area contributed by atoms with E-state index in [1.54, 1.807) is 17.2 Å². The van der Waals surface area contributed by atoms with Gasteiger partial charge in [-0.3, -0.25) is 0 Å². The van der Waals surface area contributed by atoms with Crippen molar-refractivity contribution in [3.05, 3.63) is 53.1 Å². The highest BCUT2D eigenvalue weighted by Crippen LogP contribution is 2.43. The molecule has 1 saturated carbocycles. The Morgan fingerprint density at radius 2 is 1.76 bits per heavy atom. The summed E-state index contributed by atoms with van der Waals surface area (Å²) < 4.78 is 0. The number of aliphatic carboxylic acids is 2. The zero-order valence-corrected chi connectivity index (χ0v) is 16.5. The standard InChI is InChI=1S/C19H25NO.C4H4O4/c21-16-6-3-5-15(11-16)18-12-14-4-1-2-7-17(14)19(20-18)10-13-8-9-13;5-3(6)1-2-4(7)8/h3,5-6,11,13,18-21H,1-2,4,7-10,12H2;1-2H,(H,5,6)(H,7,8)/b;2-1-/t18-,19+;/m0./s1. The van der Waals surface area contributed by atoms with E-state index in [-0.39, 0.29) is 0 Å². The van der Waals surface area contributed by atoms with Gasteiger partial charge in [0, 0.05) is 24.2 Å². The van der Waals surface area contributed by atoms with Crippen molar-refractivity contribution >= 4 is 11.9 Å². The van der Waals surface area contributed by atoms with E-state index in [0.717, 1.165) is 12.3 Å². The maximum absolute atomic E-state index is 9.76. The van der Waals surface area contributed by atoms with Crippen LogP contribution in [0.5, 0.6) is 5.75 Å². The van der Waals surface area contributed by atoms with Crippen LogP contribution < -0.4 is 5.32 Å². The summed E-state index contributed by atoms with van der Waals surface area (Å²) in [4.78, 5) is 19.1. The van der Waals surface area contributed by atoms with E-state index in [4.69, 9.17) is 10.2 Å². The van der Waals surface area contributed by atoms with Crippen LogP contribution >= 0.6 is 0 Å². The molecule has 2 atom stereocenters. The van der Waals surface area contributed by atoms with Crippen molar-refractivity contribution in [1.29, 1.82) is 0 Å². The lowest BCUT2D eigenvalue weighted by molar-refractivity contribution is -0.134. The zero-order chi connectivity index (χ0) is 20.8. The summed E-state index contributed by atoms with van der Waals surface area (Å²) in [6, 6.07) is 8.79. The van der Waals surface area contributed by atoms with Crippen LogP contribution in [0.3, 0.4) is 0 Å². The molecule has 0 bridgehead atoms. The molecule has 29 heavy (non-hydrogen) atoms. The lowest BCUT2D eigenvalue weighted by atomic mass is 9.78. The van der Waals surface area contributed by atoms with Crippen molar-refractivity contribution in [3.8, 4) is 5.75 Å². The number of phenolic OH excluding ortho intramolecular Hbond substituents is 1. The average Bonchev–Trinajstić information content (AvgIpc) is 3.51. The van der Waals surface area contributed by atoms with Crippen molar-refractivity contribution in [1.82, 2.24) is 5.32 Å². The van der Waals surface area contributed by atoms with Crippen molar-refractivity contribution in [2.75, 3.05) is 0 Å². The minimum atomic E-state index is -1.26. The largest absolute Gasteiger partial charge is 0.508 e. The third-order valence-corrected chi connectivity index (χ3v) is 5.81. The van der Waals surface area contributed by atoms with Crippen LogP contribution in [0.1, 0.15) is 63.0 Å². The van der Waals surface area contributed by atoms with Gasteiger partial charge in [0.05, 0.1) is 0 Å². The highest BCUT2D eigenvalue weighted by molar-refractivity contribution is 5.89. The molecule has 0 spiro atoms. The average molecular weight is 399 g/mol. The molecule has 0 amide bonds. The highest BCUT2D eigenvalue weighted by Gasteiger charge is 2.34. The van der Waals surface area contributed by atoms with Gasteiger partial charge in [0.25, 0.3) is 0 Å². The summed E-state index contributed by atoms with van der Waals surface area (Å²) >= 11 is 0. The maximum atomic E-state index is 9.76. The molecule has 6 nitrogen and oxygen atoms in total. The molecular weight excluding hydrogens is 370 g/mol. The smallest absolute Gasteiger partial charge is 0.328 e. The van der Waals surface area contributed by atoms with Gasteiger partial charge in [0.15, 0.2) is 0 Å². The Bertz CT molecular complexity index is 793. The molecule has 1 aromatic rings. The fraction of sp³-hybridized carbons (Fsp3) is 0.478. The second kappa shape index (κ2) is 9.74. The molecule has 0 aromatic heterocycles. The first-order chi connectivity index (χ1) is 13.9. The lowest BCUT2D eigenvalue weighted by Gasteiger charge is -2.38. The number of carbonyl (C=O) groups is 2. The quantitative estimate of drug-likeness (QED) is 0.437. The first kappa shape index (κ1) is 21.1. The summed E-state index contributed by atoms with van der Waals surface area (Å²) in [6.07, 6.45) is 11.8. The lowest BCUT2D eigenvalue weighted by Crippen LogP contribution is -2.40. The number of hydrogen-bond donors (Lipinski definition) is 4. The number of benzene rings is 1. The fourth-order valence-corrected chi connectivity index (χ4v) is 4.29. The number of phenols is 1. The Morgan fingerprint density at radius 3 is 2.38 bits per heavy atom. The van der Waals surface area contributed by atoms with Crippen molar-refractivity contribution in [2.24, 2.45) is 5.92 Å². The number of aromatic hydroxyl groups is 1. The summed E-state index contributed by atoms with van der Waals surface area (Å²) in [5, 5.41) is 29.3. The second-order valence-corrected chi connectivity index (χ2v) is 8.10. The van der Waals surface area contributed by atoms with Gasteiger partial charge in [-0.15, -0.1) is 0 Å². The topological polar surface area (TPSA) is 107 Å². The molecule has 6 heteroatoms. The molecule has 4 N–H and O–H groups in total. The number of hydrogen-bond acceptors (Lipinski definition) is 4. The SMILES string of the molecule is O=C(O)/C=C\C(=O)O.Oc1cccc([C@@H]2CC3=C(CCCC3)[C@@H](CC3CC3)N2)c1. The summed E-state index contributed by atoms with van der Waals surface area (Å²) in [5.41, 5.74) is 4.71. The fourth-order valence-electron chi connectivity index (χ4n) is 4.29. The maximum Gasteiger partial charge on any atom is 0.328 e. The predicted octanol–water partition coefficient (Wildman–Crippen LogP) is 4.18. The summed E-state index contributed by atoms with van der Waals surface area (Å²) in [7, 11) is 0. The van der Waals surface area contributed by atoms with E-state index < -0.39 is 11.9 Å². The Labute approximate surface area is 171 Å². The van der Waals surface area contributed by atoms with E-state index in [9.17, 15) is 14.7 Å². The molecule has 156 valence electrons. The Hall–Kier alpha value is -2.60. The second-order valence-electron chi connectivity index (χ2n) is 8.10. The van der Waals surface area contributed by atoms with E-state index in [1.807, 2.05) is 12.1 Å². The molecule has 1 fully saturated rings. The van der Waals surface area contributed by atoms with Gasteiger partial charge < -0.3 is 20.6 Å². The number of rotatable bonds is 5. The number of carboxylic acids is 2. The molecule has 0 saturated heterocycles. The van der Waals surface area contributed by atoms with Gasteiger partial charge in [-0.25, -0.2) is 9.59 Å². The molecule has 1 aliphatic heterocycles. The normalized spacial score (nSPS) is 23.9. The van der Waals surface area contributed by atoms with Crippen LogP contribution in [0.15, 0.2) is 47.6 Å². The first-order valence-corrected chi connectivity index (χ1v) is 10.3. The number of nitrogens with one attached hydrogen (secondary N) is 1. The van der Waals surface area contributed by atoms with Crippen molar-refractivity contribution < 1.29 is 24.9 Å². The van der Waals surface area contributed by atoms with Gasteiger partial charge >= 0.3 is 11.9 Å². The van der Waals surface area contributed by atoms with E-state index in [1.165, 1.54) is 50.5 Å². The van der Waals surface area contributed by atoms with Gasteiger partial charge in [-0.2, -0.15) is 0 Å². The van der Waals surface area contributed by atoms with Crippen LogP contribution in [-0.4, -0.2) is 33.3 Å². The highest BCUT2D eigenvalue weighted by atomic mass is 16.4. The Kier molecular flexibility index (Phi) is 7.09. The zero-order valence-electron chi connectivity index (χ0n) is 16.5. The van der Waals surface area contributed by atoms with E-state index in [0.29, 0.717) is 30.0 Å².